The number of aliphatic hydroxyl groups is 1. The third-order valence-corrected chi connectivity index (χ3v) is 6.72. The largest absolute Gasteiger partial charge is 0.463 e. The molecule has 7 nitrogen and oxygen atoms in total. The van der Waals surface area contributed by atoms with Crippen molar-refractivity contribution in [1.29, 1.82) is 0 Å². The number of rotatable bonds is 5. The Morgan fingerprint density at radius 1 is 1.30 bits per heavy atom. The Hall–Kier alpha value is -2.55. The Labute approximate surface area is 178 Å². The molecular formula is C22H24N4O3S. The summed E-state index contributed by atoms with van der Waals surface area (Å²) in [5.74, 6) is 1.48. The van der Waals surface area contributed by atoms with E-state index in [0.29, 0.717) is 6.61 Å². The van der Waals surface area contributed by atoms with Crippen LogP contribution in [-0.4, -0.2) is 38.3 Å². The van der Waals surface area contributed by atoms with E-state index in [4.69, 9.17) is 14.1 Å². The van der Waals surface area contributed by atoms with E-state index < -0.39 is 0 Å². The molecular weight excluding hydrogens is 400 g/mol. The minimum absolute atomic E-state index is 0.0503. The average molecular weight is 425 g/mol. The number of aliphatic hydroxyl groups excluding tert-OH is 1. The molecule has 5 rings (SSSR count). The van der Waals surface area contributed by atoms with Gasteiger partial charge >= 0.3 is 0 Å². The van der Waals surface area contributed by atoms with Gasteiger partial charge in [-0.1, -0.05) is 6.92 Å². The smallest absolute Gasteiger partial charge is 0.152 e. The van der Waals surface area contributed by atoms with Gasteiger partial charge in [0.05, 0.1) is 41.3 Å². The van der Waals surface area contributed by atoms with Gasteiger partial charge < -0.3 is 19.6 Å². The summed E-state index contributed by atoms with van der Waals surface area (Å²) < 4.78 is 12.8. The predicted molar refractivity (Wildman–Crippen MR) is 118 cm³/mol. The fourth-order valence-corrected chi connectivity index (χ4v) is 5.11. The zero-order chi connectivity index (χ0) is 20.9. The van der Waals surface area contributed by atoms with Crippen molar-refractivity contribution in [2.45, 2.75) is 51.9 Å². The molecule has 0 amide bonds. The minimum atomic E-state index is -0.270. The highest BCUT2D eigenvalue weighted by molar-refractivity contribution is 7.26. The van der Waals surface area contributed by atoms with Crippen LogP contribution in [0.4, 0.5) is 5.82 Å². The van der Waals surface area contributed by atoms with Crippen molar-refractivity contribution in [2.75, 3.05) is 11.9 Å². The van der Waals surface area contributed by atoms with Crippen molar-refractivity contribution in [1.82, 2.24) is 15.0 Å². The fraction of sp³-hybridized carbons (Fsp3) is 0.409. The van der Waals surface area contributed by atoms with Crippen LogP contribution in [0.2, 0.25) is 0 Å². The highest BCUT2D eigenvalue weighted by atomic mass is 32.1. The van der Waals surface area contributed by atoms with Crippen molar-refractivity contribution < 1.29 is 14.3 Å². The number of aromatic nitrogens is 3. The normalized spacial score (nSPS) is 16.7. The summed E-state index contributed by atoms with van der Waals surface area (Å²) >= 11 is 1.57. The van der Waals surface area contributed by atoms with Crippen molar-refractivity contribution >= 4 is 37.6 Å². The maximum Gasteiger partial charge on any atom is 0.152 e. The quantitative estimate of drug-likeness (QED) is 0.486. The third kappa shape index (κ3) is 3.15. The standard InChI is InChI=1S/C22H24N4O3S/c1-4-12(9-27)25-20-19-18(23-11-24-20)16-13-8-22(2,3)29-10-14(13)17(26-21(16)30-19)15-6-5-7-28-15/h5-7,11-12,27H,4,8-10H2,1-3H3,(H,23,24,25). The molecule has 0 bridgehead atoms. The lowest BCUT2D eigenvalue weighted by molar-refractivity contribution is -0.0395. The van der Waals surface area contributed by atoms with Gasteiger partial charge in [-0.3, -0.25) is 0 Å². The molecule has 2 N–H and O–H groups in total. The van der Waals surface area contributed by atoms with Gasteiger partial charge in [0.1, 0.15) is 22.7 Å². The summed E-state index contributed by atoms with van der Waals surface area (Å²) in [7, 11) is 0. The van der Waals surface area contributed by atoms with Crippen molar-refractivity contribution in [3.63, 3.8) is 0 Å². The van der Waals surface area contributed by atoms with E-state index in [1.807, 2.05) is 19.1 Å². The lowest BCUT2D eigenvalue weighted by atomic mass is 9.89. The van der Waals surface area contributed by atoms with Crippen LogP contribution >= 0.6 is 11.3 Å². The second-order valence-corrected chi connectivity index (χ2v) is 9.23. The van der Waals surface area contributed by atoms with Crippen LogP contribution in [0.15, 0.2) is 29.1 Å². The molecule has 4 aromatic heterocycles. The number of nitrogens with one attached hydrogen (secondary N) is 1. The second kappa shape index (κ2) is 7.30. The van der Waals surface area contributed by atoms with Gasteiger partial charge in [-0.05, 0) is 38.0 Å². The number of ether oxygens (including phenoxy) is 1. The Morgan fingerprint density at radius 3 is 2.90 bits per heavy atom. The summed E-state index contributed by atoms with van der Waals surface area (Å²) in [5, 5.41) is 14.0. The molecule has 0 saturated heterocycles. The van der Waals surface area contributed by atoms with Crippen LogP contribution in [0.1, 0.15) is 38.3 Å². The molecule has 8 heteroatoms. The first-order valence-electron chi connectivity index (χ1n) is 10.1. The molecule has 5 heterocycles. The van der Waals surface area contributed by atoms with Crippen LogP contribution in [0, 0.1) is 0 Å². The summed E-state index contributed by atoms with van der Waals surface area (Å²) in [4.78, 5) is 15.0. The Bertz CT molecular complexity index is 1210. The molecule has 0 aliphatic carbocycles. The number of anilines is 1. The summed E-state index contributed by atoms with van der Waals surface area (Å²) in [6.07, 6.45) is 4.81. The lowest BCUT2D eigenvalue weighted by Crippen LogP contribution is -2.32. The van der Waals surface area contributed by atoms with Gasteiger partial charge in [0.2, 0.25) is 0 Å². The number of nitrogens with zero attached hydrogens (tertiary/aromatic N) is 3. The van der Waals surface area contributed by atoms with E-state index in [-0.39, 0.29) is 18.2 Å². The fourth-order valence-electron chi connectivity index (χ4n) is 4.00. The molecule has 156 valence electrons. The monoisotopic (exact) mass is 424 g/mol. The molecule has 4 aromatic rings. The van der Waals surface area contributed by atoms with Crippen molar-refractivity contribution in [3.05, 3.63) is 35.9 Å². The summed E-state index contributed by atoms with van der Waals surface area (Å²) in [6, 6.07) is 3.75. The first-order valence-corrected chi connectivity index (χ1v) is 11.0. The molecule has 1 aliphatic rings. The van der Waals surface area contributed by atoms with E-state index in [1.54, 1.807) is 23.9 Å². The van der Waals surface area contributed by atoms with Gasteiger partial charge in [-0.15, -0.1) is 11.3 Å². The molecule has 1 unspecified atom stereocenters. The first-order chi connectivity index (χ1) is 14.5. The molecule has 0 radical (unpaired) electrons. The van der Waals surface area contributed by atoms with Crippen molar-refractivity contribution in [3.8, 4) is 11.5 Å². The number of hydrogen-bond acceptors (Lipinski definition) is 8. The lowest BCUT2D eigenvalue weighted by Gasteiger charge is -2.32. The molecule has 30 heavy (non-hydrogen) atoms. The Balaban J connectivity index is 1.79. The maximum atomic E-state index is 9.62. The van der Waals surface area contributed by atoms with E-state index in [9.17, 15) is 5.11 Å². The highest BCUT2D eigenvalue weighted by Crippen LogP contribution is 2.44. The third-order valence-electron chi connectivity index (χ3n) is 5.64. The van der Waals surface area contributed by atoms with Gasteiger partial charge in [-0.25, -0.2) is 15.0 Å². The minimum Gasteiger partial charge on any atom is -0.463 e. The number of furan rings is 1. The molecule has 1 atom stereocenters. The maximum absolute atomic E-state index is 9.62. The van der Waals surface area contributed by atoms with Crippen molar-refractivity contribution in [2.24, 2.45) is 0 Å². The van der Waals surface area contributed by atoms with Gasteiger partial charge in [0, 0.05) is 17.4 Å². The van der Waals surface area contributed by atoms with Crippen LogP contribution in [-0.2, 0) is 17.8 Å². The van der Waals surface area contributed by atoms with Gasteiger partial charge in [0.25, 0.3) is 0 Å². The Morgan fingerprint density at radius 2 is 2.17 bits per heavy atom. The molecule has 0 spiro atoms. The Kier molecular flexibility index (Phi) is 4.72. The zero-order valence-corrected chi connectivity index (χ0v) is 18.0. The SMILES string of the molecule is CCC(CO)Nc1ncnc2c1sc1nc(-c3ccco3)c3c(c12)CC(C)(C)OC3. The highest BCUT2D eigenvalue weighted by Gasteiger charge is 2.32. The van der Waals surface area contributed by atoms with Crippen LogP contribution in [0.3, 0.4) is 0 Å². The van der Waals surface area contributed by atoms with Gasteiger partial charge in [0.15, 0.2) is 5.76 Å². The predicted octanol–water partition coefficient (Wildman–Crippen LogP) is 4.53. The van der Waals surface area contributed by atoms with E-state index in [1.165, 1.54) is 5.56 Å². The second-order valence-electron chi connectivity index (χ2n) is 8.23. The van der Waals surface area contributed by atoms with E-state index >= 15 is 0 Å². The summed E-state index contributed by atoms with van der Waals surface area (Å²) in [6.45, 7) is 6.79. The van der Waals surface area contributed by atoms with Crippen LogP contribution in [0.25, 0.3) is 31.9 Å². The summed E-state index contributed by atoms with van der Waals surface area (Å²) in [5.41, 5.74) is 3.73. The number of fused-ring (bicyclic) bond motifs is 5. The van der Waals surface area contributed by atoms with E-state index in [0.717, 1.165) is 56.1 Å². The van der Waals surface area contributed by atoms with Gasteiger partial charge in [-0.2, -0.15) is 0 Å². The number of hydrogen-bond donors (Lipinski definition) is 2. The number of thiophene rings is 1. The van der Waals surface area contributed by atoms with Crippen LogP contribution in [0.5, 0.6) is 0 Å². The topological polar surface area (TPSA) is 93.3 Å². The molecule has 0 saturated carbocycles. The zero-order valence-electron chi connectivity index (χ0n) is 17.2. The van der Waals surface area contributed by atoms with Crippen LogP contribution < -0.4 is 5.32 Å². The average Bonchev–Trinajstić information content (AvgIpc) is 3.38. The van der Waals surface area contributed by atoms with E-state index in [2.05, 4.69) is 29.1 Å². The molecule has 0 fully saturated rings. The number of pyridine rings is 1. The molecule has 0 aromatic carbocycles. The first kappa shape index (κ1) is 19.4. The molecule has 1 aliphatic heterocycles.